The van der Waals surface area contributed by atoms with Crippen molar-refractivity contribution in [3.05, 3.63) is 11.5 Å². The molecule has 1 heterocycles. The lowest BCUT2D eigenvalue weighted by Crippen LogP contribution is -2.41. The van der Waals surface area contributed by atoms with Crippen molar-refractivity contribution in [2.45, 2.75) is 86.8 Å². The molecule has 0 radical (unpaired) electrons. The highest BCUT2D eigenvalue weighted by Crippen LogP contribution is 2.36. The SMILES string of the molecule is C#C.CB1OC(C)(C)C(C)(C)O1.CC.CC.CC/C=C\SC. The highest BCUT2D eigenvalue weighted by atomic mass is 32.2. The van der Waals surface area contributed by atoms with Crippen LogP contribution in [0.15, 0.2) is 11.5 Å². The van der Waals surface area contributed by atoms with Gasteiger partial charge in [-0.25, -0.2) is 0 Å². The Balaban J connectivity index is -0.000000117. The molecule has 0 atom stereocenters. The van der Waals surface area contributed by atoms with Crippen LogP contribution in [0.25, 0.3) is 0 Å². The summed E-state index contributed by atoms with van der Waals surface area (Å²) in [5, 5.41) is 2.10. The van der Waals surface area contributed by atoms with Crippen LogP contribution in [-0.4, -0.2) is 24.6 Å². The Labute approximate surface area is 146 Å². The normalized spacial score (nSPS) is 16.7. The second-order valence-electron chi connectivity index (χ2n) is 4.84. The van der Waals surface area contributed by atoms with Crippen LogP contribution in [0.2, 0.25) is 6.82 Å². The molecule has 1 aliphatic rings. The van der Waals surface area contributed by atoms with Gasteiger partial charge in [-0.15, -0.1) is 24.6 Å². The van der Waals surface area contributed by atoms with Crippen molar-refractivity contribution in [3.8, 4) is 12.8 Å². The summed E-state index contributed by atoms with van der Waals surface area (Å²) in [4.78, 5) is 0. The summed E-state index contributed by atoms with van der Waals surface area (Å²) < 4.78 is 11.1. The Morgan fingerprint density at radius 1 is 0.955 bits per heavy atom. The molecule has 0 unspecified atom stereocenters. The fourth-order valence-electron chi connectivity index (χ4n) is 1.33. The third kappa shape index (κ3) is 14.6. The van der Waals surface area contributed by atoms with Crippen molar-refractivity contribution in [1.82, 2.24) is 0 Å². The van der Waals surface area contributed by atoms with Crippen LogP contribution in [0.5, 0.6) is 0 Å². The van der Waals surface area contributed by atoms with Gasteiger partial charge in [-0.05, 0) is 52.6 Å². The minimum absolute atomic E-state index is 0.0648. The van der Waals surface area contributed by atoms with Crippen LogP contribution in [0.4, 0.5) is 0 Å². The third-order valence-electron chi connectivity index (χ3n) is 2.84. The van der Waals surface area contributed by atoms with E-state index in [1.807, 2.05) is 34.5 Å². The van der Waals surface area contributed by atoms with Crippen molar-refractivity contribution in [1.29, 1.82) is 0 Å². The molecule has 0 N–H and O–H groups in total. The highest BCUT2D eigenvalue weighted by Gasteiger charge is 2.48. The standard InChI is InChI=1S/C7H15BO2.C5H10S.2C2H6.C2H2/c1-6(2)7(3,4)10-8(5)9-6;1-3-4-5-6-2;3*1-2/h1-5H3;4-5H,3H2,1-2H3;2*1-2H3;1-2H/b;5-4-;;;. The van der Waals surface area contributed by atoms with E-state index in [2.05, 4.69) is 65.2 Å². The summed E-state index contributed by atoms with van der Waals surface area (Å²) in [6.45, 7) is 20.3. The van der Waals surface area contributed by atoms with Gasteiger partial charge in [-0.2, -0.15) is 0 Å². The Morgan fingerprint density at radius 3 is 1.36 bits per heavy atom. The maximum Gasteiger partial charge on any atom is 0.454 e. The lowest BCUT2D eigenvalue weighted by molar-refractivity contribution is 0.00578. The summed E-state index contributed by atoms with van der Waals surface area (Å²) in [5.74, 6) is 0. The lowest BCUT2D eigenvalue weighted by Gasteiger charge is -2.32. The van der Waals surface area contributed by atoms with Gasteiger partial charge in [-0.1, -0.05) is 40.7 Å². The molecule has 0 spiro atoms. The van der Waals surface area contributed by atoms with Gasteiger partial charge >= 0.3 is 7.12 Å². The Morgan fingerprint density at radius 2 is 1.27 bits per heavy atom. The van der Waals surface area contributed by atoms with Crippen molar-refractivity contribution in [3.63, 3.8) is 0 Å². The molecule has 1 fully saturated rings. The quantitative estimate of drug-likeness (QED) is 0.438. The van der Waals surface area contributed by atoms with Crippen molar-refractivity contribution < 1.29 is 9.31 Å². The number of terminal acetylenes is 1. The summed E-state index contributed by atoms with van der Waals surface area (Å²) in [5.41, 5.74) is -0.321. The first-order valence-electron chi connectivity index (χ1n) is 8.13. The molecule has 1 saturated heterocycles. The van der Waals surface area contributed by atoms with E-state index in [-0.39, 0.29) is 18.3 Å². The number of hydrogen-bond donors (Lipinski definition) is 0. The topological polar surface area (TPSA) is 18.5 Å². The minimum atomic E-state index is -0.160. The zero-order valence-corrected chi connectivity index (χ0v) is 17.6. The number of thioether (sulfide) groups is 1. The molecule has 1 rings (SSSR count). The summed E-state index contributed by atoms with van der Waals surface area (Å²) in [6, 6.07) is 0. The van der Waals surface area contributed by atoms with E-state index in [4.69, 9.17) is 9.31 Å². The van der Waals surface area contributed by atoms with Crippen LogP contribution in [0.1, 0.15) is 68.7 Å². The molecule has 2 nitrogen and oxygen atoms in total. The minimum Gasteiger partial charge on any atom is -0.403 e. The first-order chi connectivity index (χ1) is 10.3. The number of allylic oxidation sites excluding steroid dienone is 1. The predicted octanol–water partition coefficient (Wildman–Crippen LogP) is 6.28. The summed E-state index contributed by atoms with van der Waals surface area (Å²) in [6.07, 6.45) is 13.4. The highest BCUT2D eigenvalue weighted by molar-refractivity contribution is 8.01. The monoisotopic (exact) mass is 330 g/mol. The molecule has 0 aromatic carbocycles. The van der Waals surface area contributed by atoms with Crippen molar-refractivity contribution >= 4 is 18.9 Å². The second-order valence-corrected chi connectivity index (χ2v) is 5.58. The van der Waals surface area contributed by atoms with Crippen LogP contribution in [0, 0.1) is 12.8 Å². The maximum absolute atomic E-state index is 5.54. The van der Waals surface area contributed by atoms with Crippen molar-refractivity contribution in [2.24, 2.45) is 0 Å². The molecule has 132 valence electrons. The Hall–Kier alpha value is -0.365. The van der Waals surface area contributed by atoms with Crippen molar-refractivity contribution in [2.75, 3.05) is 6.26 Å². The molecule has 4 heteroatoms. The van der Waals surface area contributed by atoms with E-state index < -0.39 is 0 Å². The molecule has 0 aromatic heterocycles. The predicted molar refractivity (Wildman–Crippen MR) is 107 cm³/mol. The van der Waals surface area contributed by atoms with E-state index in [0.29, 0.717) is 0 Å². The fourth-order valence-corrected chi connectivity index (χ4v) is 1.72. The second kappa shape index (κ2) is 18.7. The average Bonchev–Trinajstić information content (AvgIpc) is 2.69. The molecule has 0 aliphatic carbocycles. The summed E-state index contributed by atoms with van der Waals surface area (Å²) in [7, 11) is -0.0648. The third-order valence-corrected chi connectivity index (χ3v) is 3.30. The lowest BCUT2D eigenvalue weighted by atomic mass is 9.90. The largest absolute Gasteiger partial charge is 0.454 e. The van der Waals surface area contributed by atoms with E-state index >= 15 is 0 Å². The maximum atomic E-state index is 5.54. The zero-order chi connectivity index (χ0) is 18.8. The van der Waals surface area contributed by atoms with Gasteiger partial charge in [0.25, 0.3) is 0 Å². The fraction of sp³-hybridized carbons (Fsp3) is 0.778. The summed E-state index contributed by atoms with van der Waals surface area (Å²) >= 11 is 1.75. The van der Waals surface area contributed by atoms with E-state index in [9.17, 15) is 0 Å². The zero-order valence-electron chi connectivity index (χ0n) is 16.8. The van der Waals surface area contributed by atoms with Gasteiger partial charge in [0, 0.05) is 0 Å². The molecule has 0 aromatic rings. The molecule has 0 amide bonds. The first-order valence-corrected chi connectivity index (χ1v) is 9.42. The number of rotatable bonds is 2. The molecular formula is C18H39BO2S. The van der Waals surface area contributed by atoms with E-state index in [0.717, 1.165) is 6.42 Å². The molecular weight excluding hydrogens is 291 g/mol. The van der Waals surface area contributed by atoms with Crippen LogP contribution in [0.3, 0.4) is 0 Å². The van der Waals surface area contributed by atoms with Gasteiger partial charge in [0.1, 0.15) is 0 Å². The molecule has 0 saturated carbocycles. The molecule has 0 bridgehead atoms. The van der Waals surface area contributed by atoms with Gasteiger partial charge in [-0.3, -0.25) is 0 Å². The Kier molecular flexibility index (Phi) is 25.2. The van der Waals surface area contributed by atoms with Gasteiger partial charge in [0.05, 0.1) is 11.2 Å². The van der Waals surface area contributed by atoms with Gasteiger partial charge < -0.3 is 9.31 Å². The molecule has 22 heavy (non-hydrogen) atoms. The van der Waals surface area contributed by atoms with Gasteiger partial charge in [0.2, 0.25) is 0 Å². The van der Waals surface area contributed by atoms with Crippen LogP contribution >= 0.6 is 11.8 Å². The van der Waals surface area contributed by atoms with Crippen LogP contribution in [-0.2, 0) is 9.31 Å². The Bertz CT molecular complexity index is 239. The first kappa shape index (κ1) is 29.6. The van der Waals surface area contributed by atoms with E-state index in [1.165, 1.54) is 0 Å². The van der Waals surface area contributed by atoms with E-state index in [1.54, 1.807) is 11.8 Å². The average molecular weight is 330 g/mol. The van der Waals surface area contributed by atoms with Gasteiger partial charge in [0.15, 0.2) is 0 Å². The van der Waals surface area contributed by atoms with Crippen LogP contribution < -0.4 is 0 Å². The molecule has 1 aliphatic heterocycles. The number of hydrogen-bond acceptors (Lipinski definition) is 3. The smallest absolute Gasteiger partial charge is 0.403 e.